The zero-order valence-corrected chi connectivity index (χ0v) is 30.5. The Balaban J connectivity index is 1.37. The van der Waals surface area contributed by atoms with E-state index in [4.69, 9.17) is 16.0 Å². The van der Waals surface area contributed by atoms with E-state index in [0.717, 1.165) is 10.8 Å². The van der Waals surface area contributed by atoms with Gasteiger partial charge in [0, 0.05) is 40.4 Å². The summed E-state index contributed by atoms with van der Waals surface area (Å²) in [6, 6.07) is 25.8. The van der Waals surface area contributed by atoms with Gasteiger partial charge in [-0.2, -0.15) is 0 Å². The molecule has 8 rings (SSSR count). The number of hydrogen-bond donors (Lipinski definition) is 7. The quantitative estimate of drug-likeness (QED) is 0.0629. The van der Waals surface area contributed by atoms with Crippen LogP contribution in [0.3, 0.4) is 0 Å². The fourth-order valence-electron chi connectivity index (χ4n) is 7.04. The summed E-state index contributed by atoms with van der Waals surface area (Å²) in [7, 11) is 0. The monoisotopic (exact) mass is 782 g/mol. The van der Waals surface area contributed by atoms with E-state index in [1.807, 2.05) is 36.4 Å². The summed E-state index contributed by atoms with van der Waals surface area (Å²) in [5.41, 5.74) is 3.08. The second-order valence-corrected chi connectivity index (χ2v) is 13.6. The minimum Gasteiger partial charge on any atom is -0.506 e. The first-order chi connectivity index (χ1) is 27.6. The number of nitrogens with zero attached hydrogens (tertiary/aromatic N) is 2. The molecule has 2 aliphatic rings. The number of para-hydroxylation sites is 2. The molecule has 6 aromatic rings. The van der Waals surface area contributed by atoms with Crippen molar-refractivity contribution >= 4 is 67.7 Å². The lowest BCUT2D eigenvalue weighted by Gasteiger charge is -2.22. The van der Waals surface area contributed by atoms with Crippen molar-refractivity contribution in [2.24, 2.45) is 0 Å². The van der Waals surface area contributed by atoms with Crippen LogP contribution < -0.4 is 16.1 Å². The Kier molecular flexibility index (Phi) is 9.63. The van der Waals surface area contributed by atoms with E-state index >= 15 is 0 Å². The number of hydrogen-bond acceptors (Lipinski definition) is 11. The number of carboxylic acids is 2. The molecule has 0 atom stereocenters. The van der Waals surface area contributed by atoms with E-state index in [2.05, 4.69) is 20.6 Å². The van der Waals surface area contributed by atoms with Gasteiger partial charge in [-0.15, -0.1) is 0 Å². The second-order valence-electron chi connectivity index (χ2n) is 13.2. The van der Waals surface area contributed by atoms with Gasteiger partial charge in [-0.25, -0.2) is 19.6 Å². The van der Waals surface area contributed by atoms with Crippen molar-refractivity contribution in [3.63, 3.8) is 0 Å². The summed E-state index contributed by atoms with van der Waals surface area (Å²) in [5, 5.41) is 59.6. The van der Waals surface area contributed by atoms with Crippen molar-refractivity contribution in [3.8, 4) is 28.2 Å². The van der Waals surface area contributed by atoms with Crippen molar-refractivity contribution in [2.75, 3.05) is 10.6 Å². The molecule has 0 fully saturated rings. The number of aromatic hydroxyl groups is 1. The number of rotatable bonds is 11. The Hall–Kier alpha value is -7.06. The standard InChI is InChI=1S/C43H31ClN4O9/c44-32-16-29-36(28-15-23(42(53)54)9-12-26(28)43(55)56)27-13-14-35(51)30(17-45-33-5-1-3-21-7-10-24(19-49)47-37(21)33)40(27)57-41(29)31(39(32)52)18-46-34-6-2-4-22-8-11-25(20-50)48-38(22)34/h1-16,45-46,49-50,52H,17-20H2,(H,53,54)(H,55,56). The van der Waals surface area contributed by atoms with Crippen LogP contribution in [0.25, 0.3) is 55.2 Å². The first-order valence-electron chi connectivity index (χ1n) is 17.6. The first kappa shape index (κ1) is 36.9. The number of aliphatic hydroxyl groups is 2. The summed E-state index contributed by atoms with van der Waals surface area (Å²) in [6.45, 7) is -0.761. The normalized spacial score (nSPS) is 11.4. The van der Waals surface area contributed by atoms with E-state index in [1.54, 1.807) is 24.3 Å². The lowest BCUT2D eigenvalue weighted by atomic mass is 9.87. The molecule has 1 aliphatic heterocycles. The van der Waals surface area contributed by atoms with Crippen LogP contribution in [-0.4, -0.2) is 47.4 Å². The summed E-state index contributed by atoms with van der Waals surface area (Å²) >= 11 is 6.70. The molecule has 0 bridgehead atoms. The molecule has 0 spiro atoms. The largest absolute Gasteiger partial charge is 0.506 e. The van der Waals surface area contributed by atoms with Crippen LogP contribution in [0.2, 0.25) is 5.02 Å². The first-order valence-corrected chi connectivity index (χ1v) is 17.9. The molecule has 0 radical (unpaired) electrons. The lowest BCUT2D eigenvalue weighted by molar-refractivity contribution is 0.0682. The van der Waals surface area contributed by atoms with Gasteiger partial charge in [0.25, 0.3) is 0 Å². The summed E-state index contributed by atoms with van der Waals surface area (Å²) < 4.78 is 6.63. The number of carboxylic acid groups (broad SMARTS) is 2. The van der Waals surface area contributed by atoms with Gasteiger partial charge in [0.15, 0.2) is 5.43 Å². The molecule has 284 valence electrons. The Labute approximate surface area is 327 Å². The molecule has 2 aromatic heterocycles. The number of phenols is 1. The molecule has 3 heterocycles. The molecule has 0 saturated heterocycles. The Morgan fingerprint density at radius 3 is 1.89 bits per heavy atom. The Morgan fingerprint density at radius 2 is 1.32 bits per heavy atom. The number of aromatic carboxylic acids is 2. The minimum atomic E-state index is -1.34. The third kappa shape index (κ3) is 6.69. The van der Waals surface area contributed by atoms with Crippen LogP contribution in [0.4, 0.5) is 11.4 Å². The molecular formula is C43H31ClN4O9. The number of benzene rings is 5. The number of nitrogens with one attached hydrogen (secondary N) is 2. The molecule has 0 saturated carbocycles. The fraction of sp³-hybridized carbons (Fsp3) is 0.0930. The highest BCUT2D eigenvalue weighted by atomic mass is 35.5. The third-order valence-corrected chi connectivity index (χ3v) is 10.1. The number of anilines is 2. The molecule has 0 unspecified atom stereocenters. The van der Waals surface area contributed by atoms with Gasteiger partial charge in [0.05, 0.1) is 74.3 Å². The maximum atomic E-state index is 13.8. The maximum absolute atomic E-state index is 13.8. The van der Waals surface area contributed by atoms with Crippen LogP contribution in [0, 0.1) is 0 Å². The Morgan fingerprint density at radius 1 is 0.702 bits per heavy atom. The topological polar surface area (TPSA) is 215 Å². The van der Waals surface area contributed by atoms with E-state index in [-0.39, 0.29) is 92.7 Å². The number of carbonyl (C=O) groups is 2. The van der Waals surface area contributed by atoms with Gasteiger partial charge in [0.1, 0.15) is 17.1 Å². The zero-order chi connectivity index (χ0) is 40.0. The SMILES string of the molecule is O=C(O)c1ccc(C(=O)O)c(-c2c3ccc(=O)c(CNc4cccc5ccc(CO)nc45)c-3oc3c(CNc4cccc5ccc(CO)nc45)c(O)c(Cl)cc23)c1. The number of pyridine rings is 2. The average molecular weight is 783 g/mol. The van der Waals surface area contributed by atoms with Crippen LogP contribution in [-0.2, 0) is 26.3 Å². The highest BCUT2D eigenvalue weighted by Crippen LogP contribution is 2.47. The van der Waals surface area contributed by atoms with Gasteiger partial charge in [-0.1, -0.05) is 48.0 Å². The van der Waals surface area contributed by atoms with Crippen molar-refractivity contribution in [1.29, 1.82) is 0 Å². The average Bonchev–Trinajstić information content (AvgIpc) is 3.22. The van der Waals surface area contributed by atoms with Crippen molar-refractivity contribution in [1.82, 2.24) is 9.97 Å². The summed E-state index contributed by atoms with van der Waals surface area (Å²) in [4.78, 5) is 47.9. The number of phenolic OH excluding ortho intramolecular Hbond substituents is 1. The van der Waals surface area contributed by atoms with Crippen molar-refractivity contribution in [3.05, 3.63) is 146 Å². The Bertz CT molecular complexity index is 2970. The smallest absolute Gasteiger partial charge is 0.336 e. The molecular weight excluding hydrogens is 752 g/mol. The van der Waals surface area contributed by atoms with E-state index < -0.39 is 17.4 Å². The number of halogens is 1. The van der Waals surface area contributed by atoms with E-state index in [9.17, 15) is 39.9 Å². The molecule has 4 aromatic carbocycles. The predicted octanol–water partition coefficient (Wildman–Crippen LogP) is 7.63. The molecule has 13 nitrogen and oxygen atoms in total. The highest BCUT2D eigenvalue weighted by molar-refractivity contribution is 6.33. The number of fused-ring (bicyclic) bond motifs is 4. The van der Waals surface area contributed by atoms with Gasteiger partial charge < -0.3 is 40.6 Å². The minimum absolute atomic E-state index is 0.0102. The number of aliphatic hydroxyl groups excluding tert-OH is 2. The molecule has 57 heavy (non-hydrogen) atoms. The van der Waals surface area contributed by atoms with E-state index in [0.29, 0.717) is 33.8 Å². The van der Waals surface area contributed by atoms with Crippen LogP contribution in [0.15, 0.2) is 106 Å². The van der Waals surface area contributed by atoms with Crippen molar-refractivity contribution < 1.29 is 39.5 Å². The van der Waals surface area contributed by atoms with Gasteiger partial charge >= 0.3 is 11.9 Å². The molecule has 14 heteroatoms. The van der Waals surface area contributed by atoms with Crippen LogP contribution >= 0.6 is 11.6 Å². The van der Waals surface area contributed by atoms with Gasteiger partial charge in [0.2, 0.25) is 0 Å². The fourth-order valence-corrected chi connectivity index (χ4v) is 7.27. The highest BCUT2D eigenvalue weighted by Gasteiger charge is 2.28. The predicted molar refractivity (Wildman–Crippen MR) is 215 cm³/mol. The van der Waals surface area contributed by atoms with Crippen LogP contribution in [0.5, 0.6) is 5.75 Å². The second kappa shape index (κ2) is 14.9. The summed E-state index contributed by atoms with van der Waals surface area (Å²) in [6.07, 6.45) is 0. The maximum Gasteiger partial charge on any atom is 0.336 e. The molecule has 1 aliphatic carbocycles. The zero-order valence-electron chi connectivity index (χ0n) is 29.7. The number of aromatic nitrogens is 2. The van der Waals surface area contributed by atoms with E-state index in [1.165, 1.54) is 36.4 Å². The molecule has 0 amide bonds. The van der Waals surface area contributed by atoms with Crippen LogP contribution in [0.1, 0.15) is 43.2 Å². The third-order valence-electron chi connectivity index (χ3n) is 9.82. The molecule has 7 N–H and O–H groups in total. The summed E-state index contributed by atoms with van der Waals surface area (Å²) in [5.74, 6) is -2.95. The van der Waals surface area contributed by atoms with Gasteiger partial charge in [-0.05, 0) is 66.2 Å². The van der Waals surface area contributed by atoms with Gasteiger partial charge in [-0.3, -0.25) is 4.79 Å². The lowest BCUT2D eigenvalue weighted by Crippen LogP contribution is -2.15. The van der Waals surface area contributed by atoms with Crippen molar-refractivity contribution in [2.45, 2.75) is 26.3 Å².